The van der Waals surface area contributed by atoms with Gasteiger partial charge in [0.05, 0.1) is 11.9 Å². The van der Waals surface area contributed by atoms with Crippen molar-refractivity contribution in [3.05, 3.63) is 12.4 Å². The van der Waals surface area contributed by atoms with Gasteiger partial charge in [0.2, 0.25) is 5.91 Å². The molecule has 1 aromatic heterocycles. The van der Waals surface area contributed by atoms with Crippen molar-refractivity contribution in [3.8, 4) is 0 Å². The molecule has 0 bridgehead atoms. The Balaban J connectivity index is 2.35. The van der Waals surface area contributed by atoms with E-state index in [9.17, 15) is 14.4 Å². The number of amides is 3. The summed E-state index contributed by atoms with van der Waals surface area (Å²) in [6.07, 6.45) is 3.22. The normalized spacial score (nSPS) is 10.3. The van der Waals surface area contributed by atoms with E-state index in [2.05, 4.69) is 15.7 Å². The largest absolute Gasteiger partial charge is 0.481 e. The van der Waals surface area contributed by atoms with Gasteiger partial charge in [0, 0.05) is 25.1 Å². The van der Waals surface area contributed by atoms with Crippen molar-refractivity contribution in [2.24, 2.45) is 0 Å². The van der Waals surface area contributed by atoms with E-state index in [1.54, 1.807) is 10.9 Å². The Morgan fingerprint density at radius 1 is 1.35 bits per heavy atom. The number of carboxylic acids is 1. The van der Waals surface area contributed by atoms with Crippen LogP contribution in [0.1, 0.15) is 39.2 Å². The highest BCUT2D eigenvalue weighted by Crippen LogP contribution is 2.09. The van der Waals surface area contributed by atoms with Gasteiger partial charge in [0.25, 0.3) is 0 Å². The zero-order chi connectivity index (χ0) is 15.1. The van der Waals surface area contributed by atoms with Crippen LogP contribution < -0.4 is 10.6 Å². The molecule has 0 unspecified atom stereocenters. The van der Waals surface area contributed by atoms with Crippen LogP contribution >= 0.6 is 0 Å². The first-order chi connectivity index (χ1) is 9.38. The van der Waals surface area contributed by atoms with Crippen LogP contribution in [0.15, 0.2) is 12.4 Å². The van der Waals surface area contributed by atoms with Gasteiger partial charge in [-0.1, -0.05) is 0 Å². The molecule has 0 spiro atoms. The maximum Gasteiger partial charge on any atom is 0.325 e. The van der Waals surface area contributed by atoms with Gasteiger partial charge in [-0.05, 0) is 20.3 Å². The van der Waals surface area contributed by atoms with E-state index in [1.807, 2.05) is 13.8 Å². The lowest BCUT2D eigenvalue weighted by atomic mass is 10.2. The molecule has 0 atom stereocenters. The fourth-order valence-electron chi connectivity index (χ4n) is 1.44. The lowest BCUT2D eigenvalue weighted by Crippen LogP contribution is -2.34. The molecule has 20 heavy (non-hydrogen) atoms. The van der Waals surface area contributed by atoms with Gasteiger partial charge in [-0.3, -0.25) is 19.6 Å². The zero-order valence-electron chi connectivity index (χ0n) is 11.4. The molecular formula is C12H18N4O4. The third kappa shape index (κ3) is 5.51. The highest BCUT2D eigenvalue weighted by molar-refractivity contribution is 6.01. The lowest BCUT2D eigenvalue weighted by molar-refractivity contribution is -0.137. The predicted octanol–water partition coefficient (Wildman–Crippen LogP) is 1.37. The van der Waals surface area contributed by atoms with Crippen molar-refractivity contribution >= 4 is 23.6 Å². The van der Waals surface area contributed by atoms with Crippen LogP contribution in [0.25, 0.3) is 0 Å². The summed E-state index contributed by atoms with van der Waals surface area (Å²) in [5.41, 5.74) is 0.481. The number of anilines is 1. The Hall–Kier alpha value is -2.38. The molecule has 8 heteroatoms. The minimum atomic E-state index is -0.969. The average Bonchev–Trinajstić information content (AvgIpc) is 2.76. The van der Waals surface area contributed by atoms with Gasteiger partial charge < -0.3 is 10.4 Å². The van der Waals surface area contributed by atoms with Crippen LogP contribution in [0.4, 0.5) is 10.5 Å². The summed E-state index contributed by atoms with van der Waals surface area (Å²) in [5, 5.41) is 17.1. The Morgan fingerprint density at radius 3 is 2.60 bits per heavy atom. The molecule has 0 aliphatic heterocycles. The number of nitrogens with one attached hydrogen (secondary N) is 2. The summed E-state index contributed by atoms with van der Waals surface area (Å²) in [5.74, 6) is -1.48. The molecular weight excluding hydrogens is 264 g/mol. The molecule has 1 rings (SSSR count). The minimum absolute atomic E-state index is 0.00895. The topological polar surface area (TPSA) is 113 Å². The molecule has 110 valence electrons. The van der Waals surface area contributed by atoms with Crippen molar-refractivity contribution in [2.45, 2.75) is 39.2 Å². The standard InChI is InChI=1S/C12H18N4O4/c1-8(2)16-7-9(6-13-16)14-12(20)15-10(17)4-3-5-11(18)19/h6-8H,3-5H2,1-2H3,(H,18,19)(H2,14,15,17,20). The zero-order valence-corrected chi connectivity index (χ0v) is 11.4. The van der Waals surface area contributed by atoms with Crippen molar-refractivity contribution in [1.29, 1.82) is 0 Å². The molecule has 8 nitrogen and oxygen atoms in total. The van der Waals surface area contributed by atoms with Gasteiger partial charge in [-0.25, -0.2) is 4.79 Å². The molecule has 0 aromatic carbocycles. The molecule has 0 aliphatic carbocycles. The molecule has 0 radical (unpaired) electrons. The van der Waals surface area contributed by atoms with Crippen molar-refractivity contribution in [3.63, 3.8) is 0 Å². The van der Waals surface area contributed by atoms with Gasteiger partial charge in [0.15, 0.2) is 0 Å². The fourth-order valence-corrected chi connectivity index (χ4v) is 1.44. The quantitative estimate of drug-likeness (QED) is 0.729. The highest BCUT2D eigenvalue weighted by Gasteiger charge is 2.10. The maximum atomic E-state index is 11.5. The van der Waals surface area contributed by atoms with Crippen molar-refractivity contribution in [2.75, 3.05) is 5.32 Å². The minimum Gasteiger partial charge on any atom is -0.481 e. The predicted molar refractivity (Wildman–Crippen MR) is 71.3 cm³/mol. The third-order valence-corrected chi connectivity index (χ3v) is 2.44. The van der Waals surface area contributed by atoms with E-state index in [4.69, 9.17) is 5.11 Å². The third-order valence-electron chi connectivity index (χ3n) is 2.44. The summed E-state index contributed by atoms with van der Waals surface area (Å²) in [7, 11) is 0. The number of hydrogen-bond donors (Lipinski definition) is 3. The van der Waals surface area contributed by atoms with Crippen LogP contribution in [0.2, 0.25) is 0 Å². The van der Waals surface area contributed by atoms with Crippen molar-refractivity contribution < 1.29 is 19.5 Å². The molecule has 3 amide bonds. The number of aromatic nitrogens is 2. The molecule has 0 fully saturated rings. The monoisotopic (exact) mass is 282 g/mol. The van der Waals surface area contributed by atoms with Gasteiger partial charge in [-0.2, -0.15) is 5.10 Å². The van der Waals surface area contributed by atoms with Crippen LogP contribution in [0.5, 0.6) is 0 Å². The van der Waals surface area contributed by atoms with E-state index in [0.29, 0.717) is 5.69 Å². The molecule has 0 saturated heterocycles. The van der Waals surface area contributed by atoms with E-state index >= 15 is 0 Å². The second-order valence-electron chi connectivity index (χ2n) is 4.55. The summed E-state index contributed by atoms with van der Waals surface area (Å²) in [4.78, 5) is 33.1. The summed E-state index contributed by atoms with van der Waals surface area (Å²) >= 11 is 0. The number of aliphatic carboxylic acids is 1. The maximum absolute atomic E-state index is 11.5. The van der Waals surface area contributed by atoms with Gasteiger partial charge in [0.1, 0.15) is 0 Å². The first-order valence-corrected chi connectivity index (χ1v) is 6.25. The number of urea groups is 1. The van der Waals surface area contributed by atoms with E-state index < -0.39 is 17.9 Å². The molecule has 1 heterocycles. The van der Waals surface area contributed by atoms with Crippen LogP contribution in [-0.2, 0) is 9.59 Å². The smallest absolute Gasteiger partial charge is 0.325 e. The van der Waals surface area contributed by atoms with E-state index in [-0.39, 0.29) is 25.3 Å². The number of carbonyl (C=O) groups is 3. The lowest BCUT2D eigenvalue weighted by Gasteiger charge is -2.05. The van der Waals surface area contributed by atoms with Crippen molar-refractivity contribution in [1.82, 2.24) is 15.1 Å². The second-order valence-corrected chi connectivity index (χ2v) is 4.55. The van der Waals surface area contributed by atoms with Crippen LogP contribution in [-0.4, -0.2) is 32.8 Å². The Morgan fingerprint density at radius 2 is 2.05 bits per heavy atom. The molecule has 1 aromatic rings. The number of nitrogens with zero attached hydrogens (tertiary/aromatic N) is 2. The van der Waals surface area contributed by atoms with Crippen LogP contribution in [0.3, 0.4) is 0 Å². The molecule has 0 aliphatic rings. The number of rotatable bonds is 6. The van der Waals surface area contributed by atoms with Gasteiger partial charge >= 0.3 is 12.0 Å². The van der Waals surface area contributed by atoms with E-state index in [1.165, 1.54) is 6.20 Å². The van der Waals surface area contributed by atoms with Gasteiger partial charge in [-0.15, -0.1) is 0 Å². The highest BCUT2D eigenvalue weighted by atomic mass is 16.4. The first-order valence-electron chi connectivity index (χ1n) is 6.25. The Labute approximate surface area is 116 Å². The SMILES string of the molecule is CC(C)n1cc(NC(=O)NC(=O)CCCC(=O)O)cn1. The molecule has 3 N–H and O–H groups in total. The number of hydrogen-bond acceptors (Lipinski definition) is 4. The second kappa shape index (κ2) is 7.27. The summed E-state index contributed by atoms with van der Waals surface area (Å²) in [6, 6.07) is -0.486. The van der Waals surface area contributed by atoms with Crippen LogP contribution in [0, 0.1) is 0 Å². The Bertz CT molecular complexity index is 495. The molecule has 0 saturated carbocycles. The first kappa shape index (κ1) is 15.7. The number of imide groups is 1. The summed E-state index contributed by atoms with van der Waals surface area (Å²) in [6.45, 7) is 3.89. The number of carbonyl (C=O) groups excluding carboxylic acids is 2. The average molecular weight is 282 g/mol. The fraction of sp³-hybridized carbons (Fsp3) is 0.500. The summed E-state index contributed by atoms with van der Waals surface area (Å²) < 4.78 is 1.67. The Kier molecular flexibility index (Phi) is 5.70. The number of carboxylic acid groups (broad SMARTS) is 1. The van der Waals surface area contributed by atoms with E-state index in [0.717, 1.165) is 0 Å².